The molecule has 0 saturated carbocycles. The summed E-state index contributed by atoms with van der Waals surface area (Å²) < 4.78 is 22.5. The summed E-state index contributed by atoms with van der Waals surface area (Å²) in [6.45, 7) is 2.58. The third-order valence-electron chi connectivity index (χ3n) is 6.40. The average Bonchev–Trinajstić information content (AvgIpc) is 3.31. The molecule has 0 bridgehead atoms. The monoisotopic (exact) mass is 634 g/mol. The van der Waals surface area contributed by atoms with Crippen LogP contribution in [0.4, 0.5) is 11.4 Å². The van der Waals surface area contributed by atoms with Crippen molar-refractivity contribution < 1.29 is 23.7 Å². The van der Waals surface area contributed by atoms with Gasteiger partial charge in [-0.25, -0.2) is 4.99 Å². The van der Waals surface area contributed by atoms with Crippen LogP contribution in [0.3, 0.4) is 0 Å². The number of anilines is 1. The number of hydrogen-bond donors (Lipinski definition) is 0. The lowest BCUT2D eigenvalue weighted by Crippen LogP contribution is -2.28. The number of methoxy groups -OCH3 is 2. The van der Waals surface area contributed by atoms with Crippen molar-refractivity contribution in [1.29, 1.82) is 0 Å². The molecule has 1 fully saturated rings. The molecule has 0 N–H and O–H groups in total. The first-order valence-electron chi connectivity index (χ1n) is 13.3. The molecule has 4 aromatic carbocycles. The molecule has 0 atom stereocenters. The Hall–Kier alpha value is -4.11. The van der Waals surface area contributed by atoms with Crippen LogP contribution in [-0.2, 0) is 11.4 Å². The first kappa shape index (κ1) is 30.4. The zero-order chi connectivity index (χ0) is 30.3. The maximum absolute atomic E-state index is 13.8. The number of amides is 1. The number of aliphatic imine (C=N–C) groups is 1. The van der Waals surface area contributed by atoms with Gasteiger partial charge in [0, 0.05) is 15.6 Å². The Morgan fingerprint density at radius 2 is 1.53 bits per heavy atom. The van der Waals surface area contributed by atoms with Gasteiger partial charge in [0.15, 0.2) is 16.7 Å². The molecule has 0 aliphatic carbocycles. The van der Waals surface area contributed by atoms with Gasteiger partial charge in [0.05, 0.1) is 37.1 Å². The highest BCUT2D eigenvalue weighted by atomic mass is 35.5. The minimum absolute atomic E-state index is 0.196. The van der Waals surface area contributed by atoms with Gasteiger partial charge in [-0.05, 0) is 103 Å². The Balaban J connectivity index is 1.45. The van der Waals surface area contributed by atoms with Crippen LogP contribution in [0.2, 0.25) is 10.0 Å². The number of rotatable bonds is 10. The molecular weight excluding hydrogens is 607 g/mol. The normalized spacial score (nSPS) is 14.8. The lowest BCUT2D eigenvalue weighted by atomic mass is 10.1. The molecule has 1 amide bonds. The molecule has 0 unspecified atom stereocenters. The molecule has 0 radical (unpaired) electrons. The van der Waals surface area contributed by atoms with E-state index >= 15 is 0 Å². The Morgan fingerprint density at radius 3 is 2.19 bits per heavy atom. The number of ether oxygens (including phenoxy) is 4. The van der Waals surface area contributed by atoms with Gasteiger partial charge in [-0.1, -0.05) is 35.3 Å². The summed E-state index contributed by atoms with van der Waals surface area (Å²) >= 11 is 13.6. The van der Waals surface area contributed by atoms with E-state index in [-0.39, 0.29) is 12.5 Å². The first-order chi connectivity index (χ1) is 20.9. The van der Waals surface area contributed by atoms with Crippen LogP contribution in [0, 0.1) is 0 Å². The van der Waals surface area contributed by atoms with Gasteiger partial charge >= 0.3 is 0 Å². The Morgan fingerprint density at radius 1 is 0.837 bits per heavy atom. The van der Waals surface area contributed by atoms with Crippen LogP contribution < -0.4 is 23.8 Å². The molecule has 43 heavy (non-hydrogen) atoms. The van der Waals surface area contributed by atoms with E-state index in [2.05, 4.69) is 0 Å². The van der Waals surface area contributed by atoms with Crippen molar-refractivity contribution in [3.63, 3.8) is 0 Å². The first-order valence-corrected chi connectivity index (χ1v) is 14.9. The molecule has 10 heteroatoms. The van der Waals surface area contributed by atoms with E-state index in [0.717, 1.165) is 16.9 Å². The predicted octanol–water partition coefficient (Wildman–Crippen LogP) is 8.80. The van der Waals surface area contributed by atoms with Crippen LogP contribution in [0.25, 0.3) is 6.08 Å². The molecule has 5 rings (SSSR count). The number of nitrogens with zero attached hydrogens (tertiary/aromatic N) is 2. The van der Waals surface area contributed by atoms with Crippen molar-refractivity contribution in [1.82, 2.24) is 0 Å². The SMILES string of the molecule is CCOc1cc(/C=C2\SC(=Nc3ccc(OC)cc3)N(c3ccc(OC)cc3)C2=O)ccc1OCc1ccc(Cl)cc1Cl. The lowest BCUT2D eigenvalue weighted by molar-refractivity contribution is -0.113. The quantitative estimate of drug-likeness (QED) is 0.162. The number of hydrogen-bond acceptors (Lipinski definition) is 7. The number of benzene rings is 4. The van der Waals surface area contributed by atoms with Gasteiger partial charge in [0.1, 0.15) is 18.1 Å². The number of thioether (sulfide) groups is 1. The van der Waals surface area contributed by atoms with Gasteiger partial charge in [-0.15, -0.1) is 0 Å². The maximum atomic E-state index is 13.8. The van der Waals surface area contributed by atoms with Gasteiger partial charge in [-0.2, -0.15) is 0 Å². The fraction of sp³-hybridized carbons (Fsp3) is 0.152. The van der Waals surface area contributed by atoms with Crippen LogP contribution in [0.15, 0.2) is 94.8 Å². The van der Waals surface area contributed by atoms with E-state index in [1.807, 2.05) is 85.8 Å². The fourth-order valence-corrected chi connectivity index (χ4v) is 5.69. The minimum atomic E-state index is -0.196. The molecule has 7 nitrogen and oxygen atoms in total. The standard InChI is InChI=1S/C33H28Cl2N2O5S/c1-4-41-30-17-21(5-16-29(30)42-20-22-6-7-23(34)19-28(22)35)18-31-32(38)37(25-10-14-27(40-3)15-11-25)33(43-31)36-24-8-12-26(39-2)13-9-24/h5-19H,4,20H2,1-3H3/b31-18-,36-33?. The van der Waals surface area contributed by atoms with Crippen molar-refractivity contribution in [3.8, 4) is 23.0 Å². The van der Waals surface area contributed by atoms with Gasteiger partial charge in [0.25, 0.3) is 5.91 Å². The van der Waals surface area contributed by atoms with Gasteiger partial charge < -0.3 is 18.9 Å². The van der Waals surface area contributed by atoms with E-state index in [9.17, 15) is 4.79 Å². The molecular formula is C33H28Cl2N2O5S. The number of carbonyl (C=O) groups is 1. The Labute approximate surface area is 264 Å². The van der Waals surface area contributed by atoms with E-state index < -0.39 is 0 Å². The van der Waals surface area contributed by atoms with Gasteiger partial charge in [-0.3, -0.25) is 9.69 Å². The van der Waals surface area contributed by atoms with E-state index in [1.165, 1.54) is 11.8 Å². The third-order valence-corrected chi connectivity index (χ3v) is 7.95. The van der Waals surface area contributed by atoms with E-state index in [4.69, 9.17) is 47.1 Å². The molecule has 1 saturated heterocycles. The van der Waals surface area contributed by atoms with Crippen LogP contribution in [0.1, 0.15) is 18.1 Å². The Bertz CT molecular complexity index is 1670. The molecule has 1 aliphatic rings. The molecule has 4 aromatic rings. The highest BCUT2D eigenvalue weighted by molar-refractivity contribution is 8.19. The largest absolute Gasteiger partial charge is 0.497 e. The summed E-state index contributed by atoms with van der Waals surface area (Å²) in [7, 11) is 3.21. The van der Waals surface area contributed by atoms with Crippen molar-refractivity contribution in [3.05, 3.63) is 111 Å². The zero-order valence-electron chi connectivity index (χ0n) is 23.7. The molecule has 1 aliphatic heterocycles. The topological polar surface area (TPSA) is 69.6 Å². The van der Waals surface area contributed by atoms with Crippen molar-refractivity contribution in [2.75, 3.05) is 25.7 Å². The zero-order valence-corrected chi connectivity index (χ0v) is 26.0. The molecule has 1 heterocycles. The number of amidine groups is 1. The molecule has 0 spiro atoms. The van der Waals surface area contributed by atoms with Crippen LogP contribution in [0.5, 0.6) is 23.0 Å². The predicted molar refractivity (Wildman–Crippen MR) is 175 cm³/mol. The molecule has 220 valence electrons. The lowest BCUT2D eigenvalue weighted by Gasteiger charge is -2.16. The summed E-state index contributed by atoms with van der Waals surface area (Å²) in [6.07, 6.45) is 1.82. The fourth-order valence-electron chi connectivity index (χ4n) is 4.22. The summed E-state index contributed by atoms with van der Waals surface area (Å²) in [5.41, 5.74) is 2.94. The molecule has 0 aromatic heterocycles. The second-order valence-electron chi connectivity index (χ2n) is 9.21. The summed E-state index contributed by atoms with van der Waals surface area (Å²) in [4.78, 5) is 20.7. The van der Waals surface area contributed by atoms with Crippen molar-refractivity contribution in [2.24, 2.45) is 4.99 Å². The second kappa shape index (κ2) is 13.9. The highest BCUT2D eigenvalue weighted by Gasteiger charge is 2.35. The van der Waals surface area contributed by atoms with Crippen LogP contribution >= 0.6 is 35.0 Å². The summed E-state index contributed by atoms with van der Waals surface area (Å²) in [5, 5.41) is 1.61. The van der Waals surface area contributed by atoms with Gasteiger partial charge in [0.2, 0.25) is 0 Å². The number of carbonyl (C=O) groups excluding carboxylic acids is 1. The van der Waals surface area contributed by atoms with Crippen molar-refractivity contribution >= 4 is 63.5 Å². The van der Waals surface area contributed by atoms with Crippen LogP contribution in [-0.4, -0.2) is 31.9 Å². The summed E-state index contributed by atoms with van der Waals surface area (Å²) in [6, 6.07) is 25.4. The maximum Gasteiger partial charge on any atom is 0.271 e. The van der Waals surface area contributed by atoms with Crippen molar-refractivity contribution in [2.45, 2.75) is 13.5 Å². The van der Waals surface area contributed by atoms with E-state index in [0.29, 0.717) is 55.3 Å². The average molecular weight is 636 g/mol. The third kappa shape index (κ3) is 7.28. The van der Waals surface area contributed by atoms with E-state index in [1.54, 1.807) is 31.3 Å². The summed E-state index contributed by atoms with van der Waals surface area (Å²) in [5.74, 6) is 2.33. The number of halogens is 2. The Kier molecular flexibility index (Phi) is 9.82. The smallest absolute Gasteiger partial charge is 0.271 e. The minimum Gasteiger partial charge on any atom is -0.497 e. The second-order valence-corrected chi connectivity index (χ2v) is 11.1. The highest BCUT2D eigenvalue weighted by Crippen LogP contribution is 2.39.